The maximum Gasteiger partial charge on any atom is 0.344 e. The minimum Gasteiger partial charge on any atom is -0.462 e. The monoisotopic (exact) mass is 301 g/mol. The zero-order valence-corrected chi connectivity index (χ0v) is 11.4. The number of aryl methyl sites for hydroxylation is 1. The van der Waals surface area contributed by atoms with Crippen LogP contribution < -0.4 is 5.32 Å². The molecule has 0 aromatic carbocycles. The number of esters is 1. The van der Waals surface area contributed by atoms with Gasteiger partial charge in [0.25, 0.3) is 0 Å². The first-order chi connectivity index (χ1) is 8.24. The molecular weight excluding hydrogens is 286 g/mol. The second-order valence-electron chi connectivity index (χ2n) is 3.95. The molecule has 1 aliphatic heterocycles. The van der Waals surface area contributed by atoms with Crippen molar-refractivity contribution in [1.29, 1.82) is 0 Å². The summed E-state index contributed by atoms with van der Waals surface area (Å²) in [5.41, 5.74) is 0.508. The van der Waals surface area contributed by atoms with Crippen LogP contribution in [0.15, 0.2) is 4.60 Å². The third kappa shape index (κ3) is 2.62. The number of carbonyl (C=O) groups is 1. The van der Waals surface area contributed by atoms with E-state index in [1.165, 1.54) is 6.42 Å². The summed E-state index contributed by atoms with van der Waals surface area (Å²) < 4.78 is 7.44. The fourth-order valence-corrected chi connectivity index (χ4v) is 2.47. The van der Waals surface area contributed by atoms with E-state index in [1.807, 2.05) is 4.68 Å². The first kappa shape index (κ1) is 12.4. The Hall–Kier alpha value is -1.04. The summed E-state index contributed by atoms with van der Waals surface area (Å²) in [4.78, 5) is 11.9. The average Bonchev–Trinajstić information content (AvgIpc) is 2.55. The van der Waals surface area contributed by atoms with E-state index in [0.29, 0.717) is 16.8 Å². The van der Waals surface area contributed by atoms with Crippen LogP contribution in [0.4, 0.5) is 5.82 Å². The van der Waals surface area contributed by atoms with Gasteiger partial charge in [-0.25, -0.2) is 9.48 Å². The number of aromatic nitrogens is 2. The van der Waals surface area contributed by atoms with Crippen molar-refractivity contribution in [1.82, 2.24) is 9.78 Å². The molecule has 6 heteroatoms. The van der Waals surface area contributed by atoms with Crippen molar-refractivity contribution < 1.29 is 9.53 Å². The number of halogens is 1. The minimum absolute atomic E-state index is 0.325. The van der Waals surface area contributed by atoms with Crippen LogP contribution in [0.1, 0.15) is 36.5 Å². The molecule has 0 spiro atoms. The lowest BCUT2D eigenvalue weighted by Gasteiger charge is -2.14. The van der Waals surface area contributed by atoms with Gasteiger partial charge in [0.15, 0.2) is 0 Å². The molecule has 1 aliphatic rings. The highest BCUT2D eigenvalue weighted by atomic mass is 79.9. The molecule has 1 N–H and O–H groups in total. The van der Waals surface area contributed by atoms with Gasteiger partial charge in [-0.3, -0.25) is 0 Å². The third-order valence-electron chi connectivity index (χ3n) is 2.73. The lowest BCUT2D eigenvalue weighted by Crippen LogP contribution is -2.16. The second-order valence-corrected chi connectivity index (χ2v) is 4.70. The molecule has 2 heterocycles. The summed E-state index contributed by atoms with van der Waals surface area (Å²) in [6, 6.07) is 0. The lowest BCUT2D eigenvalue weighted by molar-refractivity contribution is 0.0526. The van der Waals surface area contributed by atoms with Crippen LogP contribution in [0.3, 0.4) is 0 Å². The summed E-state index contributed by atoms with van der Waals surface area (Å²) in [5, 5.41) is 7.59. The third-order valence-corrected chi connectivity index (χ3v) is 3.28. The molecule has 0 unspecified atom stereocenters. The minimum atomic E-state index is -0.325. The van der Waals surface area contributed by atoms with Crippen molar-refractivity contribution in [2.45, 2.75) is 32.7 Å². The molecule has 0 fully saturated rings. The predicted molar refractivity (Wildman–Crippen MR) is 68.2 cm³/mol. The van der Waals surface area contributed by atoms with E-state index in [1.54, 1.807) is 6.92 Å². The fraction of sp³-hybridized carbons (Fsp3) is 0.636. The molecule has 0 bridgehead atoms. The number of nitrogens with one attached hydrogen (secondary N) is 1. The van der Waals surface area contributed by atoms with E-state index in [-0.39, 0.29) is 5.97 Å². The van der Waals surface area contributed by atoms with Crippen LogP contribution in [-0.4, -0.2) is 28.9 Å². The van der Waals surface area contributed by atoms with E-state index in [0.717, 1.165) is 31.7 Å². The molecule has 2 rings (SSSR count). The Morgan fingerprint density at radius 2 is 2.35 bits per heavy atom. The van der Waals surface area contributed by atoms with E-state index >= 15 is 0 Å². The van der Waals surface area contributed by atoms with Gasteiger partial charge in [-0.15, -0.1) is 0 Å². The molecule has 5 nitrogen and oxygen atoms in total. The number of rotatable bonds is 2. The summed E-state index contributed by atoms with van der Waals surface area (Å²) in [5.74, 6) is 0.448. The van der Waals surface area contributed by atoms with Crippen LogP contribution in [0.5, 0.6) is 0 Å². The van der Waals surface area contributed by atoms with Crippen molar-refractivity contribution in [2.75, 3.05) is 18.5 Å². The maximum atomic E-state index is 11.9. The number of nitrogens with zero attached hydrogens (tertiary/aromatic N) is 2. The second kappa shape index (κ2) is 5.53. The van der Waals surface area contributed by atoms with Gasteiger partial charge < -0.3 is 10.1 Å². The fourth-order valence-electron chi connectivity index (χ4n) is 1.93. The van der Waals surface area contributed by atoms with E-state index in [4.69, 9.17) is 4.74 Å². The summed E-state index contributed by atoms with van der Waals surface area (Å²) in [6.45, 7) is 3.87. The van der Waals surface area contributed by atoms with Gasteiger partial charge in [0, 0.05) is 13.1 Å². The van der Waals surface area contributed by atoms with Crippen LogP contribution in [0.2, 0.25) is 0 Å². The topological polar surface area (TPSA) is 56.1 Å². The molecule has 0 saturated heterocycles. The molecule has 0 aliphatic carbocycles. The lowest BCUT2D eigenvalue weighted by atomic mass is 10.2. The predicted octanol–water partition coefficient (Wildman–Crippen LogP) is 2.42. The van der Waals surface area contributed by atoms with E-state index < -0.39 is 0 Å². The summed E-state index contributed by atoms with van der Waals surface area (Å²) in [6.07, 6.45) is 3.38. The van der Waals surface area contributed by atoms with Crippen molar-refractivity contribution in [3.8, 4) is 0 Å². The highest BCUT2D eigenvalue weighted by molar-refractivity contribution is 9.10. The number of ether oxygens (including phenoxy) is 1. The molecule has 17 heavy (non-hydrogen) atoms. The normalized spacial score (nSPS) is 15.4. The van der Waals surface area contributed by atoms with Crippen LogP contribution in [0.25, 0.3) is 0 Å². The Morgan fingerprint density at radius 3 is 3.12 bits per heavy atom. The number of anilines is 1. The van der Waals surface area contributed by atoms with E-state index in [9.17, 15) is 4.79 Å². The number of carbonyl (C=O) groups excluding carboxylic acids is 1. The first-order valence-corrected chi connectivity index (χ1v) is 6.70. The molecule has 94 valence electrons. The zero-order valence-electron chi connectivity index (χ0n) is 9.83. The largest absolute Gasteiger partial charge is 0.462 e. The molecule has 0 atom stereocenters. The molecule has 1 aromatic heterocycles. The van der Waals surface area contributed by atoms with Gasteiger partial charge in [0.1, 0.15) is 16.0 Å². The quantitative estimate of drug-likeness (QED) is 0.852. The van der Waals surface area contributed by atoms with Gasteiger partial charge in [-0.2, -0.15) is 5.10 Å². The van der Waals surface area contributed by atoms with Crippen LogP contribution in [-0.2, 0) is 11.3 Å². The Morgan fingerprint density at radius 1 is 1.53 bits per heavy atom. The molecule has 0 saturated carbocycles. The Balaban J connectivity index is 2.34. The van der Waals surface area contributed by atoms with Crippen molar-refractivity contribution in [2.24, 2.45) is 0 Å². The van der Waals surface area contributed by atoms with Crippen molar-refractivity contribution >= 4 is 27.7 Å². The molecule has 0 amide bonds. The van der Waals surface area contributed by atoms with Crippen LogP contribution in [0, 0.1) is 0 Å². The SMILES string of the molecule is CCOC(=O)c1c(Br)nn2c1NCCCCC2. The van der Waals surface area contributed by atoms with Crippen molar-refractivity contribution in [3.05, 3.63) is 10.2 Å². The summed E-state index contributed by atoms with van der Waals surface area (Å²) >= 11 is 3.33. The molecular formula is C11H16BrN3O2. The first-order valence-electron chi connectivity index (χ1n) is 5.91. The Kier molecular flexibility index (Phi) is 4.04. The highest BCUT2D eigenvalue weighted by Gasteiger charge is 2.24. The smallest absolute Gasteiger partial charge is 0.344 e. The van der Waals surface area contributed by atoms with Gasteiger partial charge in [0.2, 0.25) is 0 Å². The van der Waals surface area contributed by atoms with Gasteiger partial charge in [-0.1, -0.05) is 0 Å². The highest BCUT2D eigenvalue weighted by Crippen LogP contribution is 2.27. The zero-order chi connectivity index (χ0) is 12.3. The van der Waals surface area contributed by atoms with E-state index in [2.05, 4.69) is 26.3 Å². The van der Waals surface area contributed by atoms with Crippen molar-refractivity contribution in [3.63, 3.8) is 0 Å². The number of hydrogen-bond donors (Lipinski definition) is 1. The average molecular weight is 302 g/mol. The van der Waals surface area contributed by atoms with Gasteiger partial charge in [-0.05, 0) is 42.1 Å². The number of hydrogen-bond acceptors (Lipinski definition) is 4. The standard InChI is InChI=1S/C11H16BrN3O2/c1-2-17-11(16)8-9(12)14-15-7-5-3-4-6-13-10(8)15/h13H,2-7H2,1H3. The molecule has 1 aromatic rings. The van der Waals surface area contributed by atoms with Crippen LogP contribution >= 0.6 is 15.9 Å². The van der Waals surface area contributed by atoms with Gasteiger partial charge >= 0.3 is 5.97 Å². The molecule has 0 radical (unpaired) electrons. The Labute approximate surface area is 109 Å². The van der Waals surface area contributed by atoms with Gasteiger partial charge in [0.05, 0.1) is 6.61 Å². The Bertz CT molecular complexity index is 417. The summed E-state index contributed by atoms with van der Waals surface area (Å²) in [7, 11) is 0. The maximum absolute atomic E-state index is 11.9. The number of fused-ring (bicyclic) bond motifs is 1.